The third-order valence-corrected chi connectivity index (χ3v) is 4.60. The largest absolute Gasteiger partial charge is 0.481 e. The van der Waals surface area contributed by atoms with Gasteiger partial charge in [0.15, 0.2) is 0 Å². The van der Waals surface area contributed by atoms with Gasteiger partial charge in [0, 0.05) is 18.2 Å². The predicted octanol–water partition coefficient (Wildman–Crippen LogP) is 2.58. The topological polar surface area (TPSA) is 57.6 Å². The molecule has 1 aliphatic carbocycles. The van der Waals surface area contributed by atoms with Crippen molar-refractivity contribution >= 4 is 18.0 Å². The summed E-state index contributed by atoms with van der Waals surface area (Å²) in [7, 11) is 0. The smallest absolute Gasteiger partial charge is 0.308 e. The number of carbonyl (C=O) groups is 2. The van der Waals surface area contributed by atoms with Crippen LogP contribution in [0.15, 0.2) is 24.3 Å². The number of benzene rings is 1. The molecular formula is C17H19NO3. The van der Waals surface area contributed by atoms with Crippen molar-refractivity contribution in [2.45, 2.75) is 32.2 Å². The van der Waals surface area contributed by atoms with Gasteiger partial charge in [0.1, 0.15) is 0 Å². The molecule has 2 unspecified atom stereocenters. The number of aryl methyl sites for hydroxylation is 1. The first-order valence-electron chi connectivity index (χ1n) is 7.41. The van der Waals surface area contributed by atoms with E-state index in [9.17, 15) is 9.59 Å². The van der Waals surface area contributed by atoms with Crippen LogP contribution in [-0.2, 0) is 11.2 Å². The molecule has 2 atom stereocenters. The van der Waals surface area contributed by atoms with Crippen molar-refractivity contribution in [3.8, 4) is 0 Å². The number of allylic oxidation sites excluding steroid dienone is 1. The number of amides is 1. The third-order valence-electron chi connectivity index (χ3n) is 4.60. The molecule has 1 aromatic rings. The Balaban J connectivity index is 1.83. The Morgan fingerprint density at radius 1 is 1.33 bits per heavy atom. The lowest BCUT2D eigenvalue weighted by atomic mass is 9.95. The van der Waals surface area contributed by atoms with Gasteiger partial charge in [-0.15, -0.1) is 0 Å². The van der Waals surface area contributed by atoms with E-state index in [0.29, 0.717) is 18.5 Å². The van der Waals surface area contributed by atoms with E-state index in [2.05, 4.69) is 12.2 Å². The summed E-state index contributed by atoms with van der Waals surface area (Å²) in [6, 6.07) is 5.54. The summed E-state index contributed by atoms with van der Waals surface area (Å²) >= 11 is 0. The van der Waals surface area contributed by atoms with Crippen molar-refractivity contribution in [1.82, 2.24) is 4.90 Å². The highest BCUT2D eigenvalue weighted by atomic mass is 16.4. The zero-order chi connectivity index (χ0) is 15.0. The van der Waals surface area contributed by atoms with Crippen LogP contribution in [0.1, 0.15) is 41.3 Å². The van der Waals surface area contributed by atoms with Crippen molar-refractivity contribution in [2.24, 2.45) is 5.92 Å². The lowest BCUT2D eigenvalue weighted by Crippen LogP contribution is -2.37. The molecule has 4 heteroatoms. The molecule has 110 valence electrons. The monoisotopic (exact) mass is 285 g/mol. The Hall–Kier alpha value is -2.10. The Morgan fingerprint density at radius 3 is 2.86 bits per heavy atom. The quantitative estimate of drug-likeness (QED) is 0.908. The van der Waals surface area contributed by atoms with Crippen LogP contribution in [-0.4, -0.2) is 34.5 Å². The van der Waals surface area contributed by atoms with E-state index in [-0.39, 0.29) is 11.9 Å². The highest BCUT2D eigenvalue weighted by molar-refractivity contribution is 5.95. The van der Waals surface area contributed by atoms with Crippen LogP contribution < -0.4 is 0 Å². The molecule has 1 saturated heterocycles. The Kier molecular flexibility index (Phi) is 3.53. The maximum atomic E-state index is 12.6. The number of carbonyl (C=O) groups excluding carboxylic acids is 1. The number of likely N-dealkylation sites (tertiary alicyclic amines) is 1. The van der Waals surface area contributed by atoms with E-state index in [1.54, 1.807) is 4.90 Å². The van der Waals surface area contributed by atoms with Gasteiger partial charge in [-0.25, -0.2) is 0 Å². The lowest BCUT2D eigenvalue weighted by molar-refractivity contribution is -0.142. The molecular weight excluding hydrogens is 266 g/mol. The fourth-order valence-electron chi connectivity index (χ4n) is 3.29. The number of rotatable bonds is 2. The molecule has 3 rings (SSSR count). The number of aliphatic carboxylic acids is 1. The summed E-state index contributed by atoms with van der Waals surface area (Å²) in [5, 5.41) is 9.17. The van der Waals surface area contributed by atoms with Gasteiger partial charge in [0.05, 0.1) is 5.92 Å². The van der Waals surface area contributed by atoms with E-state index in [1.807, 2.05) is 25.1 Å². The molecule has 0 spiro atoms. The van der Waals surface area contributed by atoms with Crippen LogP contribution in [0, 0.1) is 5.92 Å². The summed E-state index contributed by atoms with van der Waals surface area (Å²) in [5.74, 6) is -1.31. The molecule has 1 fully saturated rings. The van der Waals surface area contributed by atoms with Gasteiger partial charge >= 0.3 is 5.97 Å². The summed E-state index contributed by atoms with van der Waals surface area (Å²) in [6.07, 6.45) is 6.73. The van der Waals surface area contributed by atoms with Gasteiger partial charge in [-0.2, -0.15) is 0 Å². The van der Waals surface area contributed by atoms with Crippen LogP contribution in [0.4, 0.5) is 0 Å². The van der Waals surface area contributed by atoms with Crippen molar-refractivity contribution in [1.29, 1.82) is 0 Å². The van der Waals surface area contributed by atoms with E-state index >= 15 is 0 Å². The molecule has 0 saturated carbocycles. The number of hydrogen-bond donors (Lipinski definition) is 1. The maximum Gasteiger partial charge on any atom is 0.308 e. The number of carboxylic acids is 1. The second-order valence-electron chi connectivity index (χ2n) is 5.83. The number of fused-ring (bicyclic) bond motifs is 1. The van der Waals surface area contributed by atoms with Gasteiger partial charge in [0.25, 0.3) is 5.91 Å². The van der Waals surface area contributed by atoms with Gasteiger partial charge < -0.3 is 10.0 Å². The number of hydrogen-bond acceptors (Lipinski definition) is 2. The molecule has 2 aliphatic rings. The summed E-state index contributed by atoms with van der Waals surface area (Å²) in [6.45, 7) is 2.35. The molecule has 0 bridgehead atoms. The summed E-state index contributed by atoms with van der Waals surface area (Å²) in [4.78, 5) is 25.5. The number of nitrogens with zero attached hydrogens (tertiary/aromatic N) is 1. The van der Waals surface area contributed by atoms with Crippen molar-refractivity contribution in [3.63, 3.8) is 0 Å². The zero-order valence-corrected chi connectivity index (χ0v) is 12.1. The molecule has 4 nitrogen and oxygen atoms in total. The van der Waals surface area contributed by atoms with Crippen LogP contribution in [0.2, 0.25) is 0 Å². The van der Waals surface area contributed by atoms with Gasteiger partial charge in [-0.05, 0) is 49.4 Å². The first-order chi connectivity index (χ1) is 10.1. The molecule has 1 aromatic carbocycles. The average molecular weight is 285 g/mol. The standard InChI is InChI=1S/C17H19NO3/c1-11-15(17(20)21)8-9-18(11)16(19)14-7-6-12-4-2-3-5-13(12)10-14/h2,4,6-7,10-11,15H,3,5,8-9H2,1H3,(H,20,21). The van der Waals surface area contributed by atoms with Gasteiger partial charge in [-0.1, -0.05) is 18.2 Å². The second kappa shape index (κ2) is 5.35. The second-order valence-corrected chi connectivity index (χ2v) is 5.83. The average Bonchev–Trinajstić information content (AvgIpc) is 2.88. The first kappa shape index (κ1) is 13.9. The Labute approximate surface area is 124 Å². The lowest BCUT2D eigenvalue weighted by Gasteiger charge is -2.24. The summed E-state index contributed by atoms with van der Waals surface area (Å²) in [5.41, 5.74) is 3.04. The van der Waals surface area contributed by atoms with Gasteiger partial charge in [0.2, 0.25) is 0 Å². The molecule has 0 aromatic heterocycles. The fraction of sp³-hybridized carbons (Fsp3) is 0.412. The normalized spacial score (nSPS) is 24.0. The van der Waals surface area contributed by atoms with E-state index in [4.69, 9.17) is 5.11 Å². The zero-order valence-electron chi connectivity index (χ0n) is 12.1. The van der Waals surface area contributed by atoms with Crippen LogP contribution in [0.3, 0.4) is 0 Å². The molecule has 1 amide bonds. The van der Waals surface area contributed by atoms with Crippen molar-refractivity contribution in [3.05, 3.63) is 41.0 Å². The SMILES string of the molecule is CC1C(C(=O)O)CCN1C(=O)c1ccc2c(c1)CCC=C2. The van der Waals surface area contributed by atoms with E-state index in [1.165, 1.54) is 11.1 Å². The molecule has 1 heterocycles. The number of carboxylic acid groups (broad SMARTS) is 1. The molecule has 1 N–H and O–H groups in total. The van der Waals surface area contributed by atoms with Crippen molar-refractivity contribution in [2.75, 3.05) is 6.54 Å². The first-order valence-corrected chi connectivity index (χ1v) is 7.41. The van der Waals surface area contributed by atoms with Crippen molar-refractivity contribution < 1.29 is 14.7 Å². The minimum Gasteiger partial charge on any atom is -0.481 e. The predicted molar refractivity (Wildman–Crippen MR) is 80.0 cm³/mol. The highest BCUT2D eigenvalue weighted by Crippen LogP contribution is 2.27. The molecule has 0 radical (unpaired) electrons. The molecule has 1 aliphatic heterocycles. The highest BCUT2D eigenvalue weighted by Gasteiger charge is 2.38. The third kappa shape index (κ3) is 2.46. The fourth-order valence-corrected chi connectivity index (χ4v) is 3.29. The Morgan fingerprint density at radius 2 is 2.14 bits per heavy atom. The summed E-state index contributed by atoms with van der Waals surface area (Å²) < 4.78 is 0. The minimum atomic E-state index is -0.812. The minimum absolute atomic E-state index is 0.0522. The van der Waals surface area contributed by atoms with E-state index in [0.717, 1.165) is 12.8 Å². The maximum absolute atomic E-state index is 12.6. The molecule has 21 heavy (non-hydrogen) atoms. The van der Waals surface area contributed by atoms with Gasteiger partial charge in [-0.3, -0.25) is 9.59 Å². The van der Waals surface area contributed by atoms with Crippen LogP contribution in [0.25, 0.3) is 6.08 Å². The van der Waals surface area contributed by atoms with Crippen LogP contribution in [0.5, 0.6) is 0 Å². The van der Waals surface area contributed by atoms with Crippen LogP contribution >= 0.6 is 0 Å². The van der Waals surface area contributed by atoms with E-state index < -0.39 is 11.9 Å². The Bertz CT molecular complexity index is 620.